The number of carbonyl (C=O) groups excluding carboxylic acids is 8. The minimum Gasteiger partial charge on any atom is -0.486 e. The molecular weight excluding hydrogens is 1720 g/mol. The molecule has 2 aromatic heterocycles. The van der Waals surface area contributed by atoms with Gasteiger partial charge in [0.2, 0.25) is 0 Å². The average Bonchev–Trinajstić information content (AvgIpc) is 0.795. The Morgan fingerprint density at radius 2 is 0.880 bits per heavy atom. The Bertz CT molecular complexity index is 6130. The van der Waals surface area contributed by atoms with Crippen molar-refractivity contribution in [2.45, 2.75) is 144 Å². The second-order valence-electron chi connectivity index (χ2n) is 35.4. The third-order valence-electron chi connectivity index (χ3n) is 24.6. The van der Waals surface area contributed by atoms with E-state index in [1.54, 1.807) is 62.0 Å². The highest BCUT2D eigenvalue weighted by molar-refractivity contribution is 7.90. The Balaban J connectivity index is 0.000000129. The van der Waals surface area contributed by atoms with Gasteiger partial charge in [0, 0.05) is 130 Å². The lowest BCUT2D eigenvalue weighted by Crippen LogP contribution is -2.75. The van der Waals surface area contributed by atoms with E-state index in [4.69, 9.17) is 65.4 Å². The maximum absolute atomic E-state index is 13.7. The van der Waals surface area contributed by atoms with Crippen LogP contribution in [0.4, 0.5) is 23.2 Å². The zero-order chi connectivity index (χ0) is 89.0. The molecule has 5 N–H and O–H groups in total. The van der Waals surface area contributed by atoms with Crippen molar-refractivity contribution in [3.05, 3.63) is 254 Å². The van der Waals surface area contributed by atoms with Crippen LogP contribution in [0.1, 0.15) is 157 Å². The number of sulfone groups is 1. The lowest BCUT2D eigenvalue weighted by molar-refractivity contribution is -0.165. The number of Topliss-reactive ketones (excluding diaryl/α,β-unsaturated/α-hetero) is 4. The van der Waals surface area contributed by atoms with Crippen molar-refractivity contribution in [1.82, 2.24) is 40.8 Å². The number of allylic oxidation sites excluding steroid dienone is 1. The highest BCUT2D eigenvalue weighted by atomic mass is 35.5. The summed E-state index contributed by atoms with van der Waals surface area (Å²) in [7, 11) is -1.45. The number of aryl methyl sites for hydroxylation is 2. The van der Waals surface area contributed by atoms with Crippen molar-refractivity contribution < 1.29 is 83.3 Å². The summed E-state index contributed by atoms with van der Waals surface area (Å²) in [5.41, 5.74) is 5.93. The molecule has 0 atom stereocenters. The molecule has 22 rings (SSSR count). The molecule has 12 fully saturated rings. The number of ether oxygens (including phenoxy) is 4. The van der Waals surface area contributed by atoms with Crippen molar-refractivity contribution in [3.8, 4) is 23.0 Å². The molecule has 12 aliphatic carbocycles. The maximum Gasteiger partial charge on any atom is 0.258 e. The van der Waals surface area contributed by atoms with Crippen molar-refractivity contribution in [1.29, 1.82) is 0 Å². The zero-order valence-electron chi connectivity index (χ0n) is 68.5. The largest absolute Gasteiger partial charge is 0.486 e. The van der Waals surface area contributed by atoms with Crippen LogP contribution < -0.4 is 45.5 Å². The number of amides is 4. The number of carbonyl (C=O) groups is 8. The van der Waals surface area contributed by atoms with Gasteiger partial charge in [-0.15, -0.1) is 0 Å². The number of fused-ring (bicyclic) bond motifs is 2. The van der Waals surface area contributed by atoms with Crippen LogP contribution in [0.2, 0.25) is 20.1 Å². The van der Waals surface area contributed by atoms with E-state index in [1.165, 1.54) is 66.7 Å². The predicted molar refractivity (Wildman–Crippen MR) is 461 cm³/mol. The Labute approximate surface area is 737 Å². The maximum atomic E-state index is 13.7. The van der Waals surface area contributed by atoms with Gasteiger partial charge in [0.15, 0.2) is 52.8 Å². The van der Waals surface area contributed by atoms with Crippen LogP contribution in [-0.2, 0) is 36.1 Å². The standard InChI is InChI=1S/C24H23ClF2N2O3.C24H22ClN3O3.C23H21ClFN3O3.C22H21ClFNO5S/c1-14(2)28-20-6-3-15(26)7-17(20)21(30)9-23-11-24(12-23,13-23)29-22(31)10-32-16-4-5-18(25)19(27)8-16;1-15-8-18(3-4-19(15)25)31-11-17(29)10-23-12-24(13-23,14-23)28-22(30)16-2-5-20-21(9-16)27-7-6-26-20;1-28-13-26-18-6-14(2-5-19(18)28)20(29)8-22-10-23(11-22,12-22)27-21(30)9-31-15-3-4-16(24)17(25)7-15;1-31(28,29)16-4-2-3-14(7-16)19(26)9-21-11-22(12-21,13-21)25-20(27)10-30-15-5-6-17(23)18(24)8-15/h3-8,28H,1,9-13H2,2H3,(H,29,31);2-9H,10-14H2,1H3,(H,28,30);2-7,13H,8-12H2,1H3,(H,27,30);2-8H,9-13H2,1H3,(H,25,27). The second kappa shape index (κ2) is 34.6. The third-order valence-corrected chi connectivity index (χ3v) is 27.1. The van der Waals surface area contributed by atoms with Gasteiger partial charge in [0.05, 0.1) is 48.4 Å². The number of nitrogens with one attached hydrogen (secondary N) is 5. The van der Waals surface area contributed by atoms with E-state index < -0.39 is 33.1 Å². The molecule has 32 heteroatoms. The number of aromatic nitrogens is 4. The number of benzene rings is 8. The van der Waals surface area contributed by atoms with E-state index in [9.17, 15) is 64.3 Å². The molecule has 0 radical (unpaired) electrons. The van der Waals surface area contributed by atoms with Crippen LogP contribution in [0.3, 0.4) is 0 Å². The molecule has 8 bridgehead atoms. The Morgan fingerprint density at radius 3 is 1.35 bits per heavy atom. The van der Waals surface area contributed by atoms with Crippen LogP contribution in [0.5, 0.6) is 23.0 Å². The van der Waals surface area contributed by atoms with E-state index in [0.29, 0.717) is 114 Å². The first-order chi connectivity index (χ1) is 59.2. The van der Waals surface area contributed by atoms with Gasteiger partial charge in [0.25, 0.3) is 23.6 Å². The summed E-state index contributed by atoms with van der Waals surface area (Å²) in [6.07, 6.45) is 16.7. The molecule has 4 amide bonds. The van der Waals surface area contributed by atoms with Gasteiger partial charge in [-0.3, -0.25) is 48.3 Å². The van der Waals surface area contributed by atoms with Crippen molar-refractivity contribution in [3.63, 3.8) is 0 Å². The fourth-order valence-electron chi connectivity index (χ4n) is 19.8. The van der Waals surface area contributed by atoms with Gasteiger partial charge in [-0.1, -0.05) is 65.1 Å². The lowest BCUT2D eigenvalue weighted by atomic mass is 9.38. The molecule has 10 aromatic rings. The average molecular weight is 1800 g/mol. The molecule has 0 aliphatic heterocycles. The molecule has 23 nitrogen and oxygen atoms in total. The van der Waals surface area contributed by atoms with Crippen LogP contribution in [0, 0.1) is 51.9 Å². The molecule has 12 saturated carbocycles. The zero-order valence-corrected chi connectivity index (χ0v) is 72.3. The molecule has 8 aromatic carbocycles. The number of ketones is 4. The molecule has 125 heavy (non-hydrogen) atoms. The van der Waals surface area contributed by atoms with E-state index >= 15 is 0 Å². The van der Waals surface area contributed by atoms with Gasteiger partial charge in [-0.25, -0.2) is 31.0 Å². The molecule has 0 unspecified atom stereocenters. The van der Waals surface area contributed by atoms with Gasteiger partial charge >= 0.3 is 0 Å². The first-order valence-electron chi connectivity index (χ1n) is 40.3. The minimum absolute atomic E-state index is 0.00506. The number of halogens is 8. The fraction of sp³-hybridized carbons (Fsp3) is 0.344. The van der Waals surface area contributed by atoms with Crippen molar-refractivity contribution in [2.24, 2.45) is 28.7 Å². The topological polar surface area (TPSA) is 311 Å². The first kappa shape index (κ1) is 88.6. The second-order valence-corrected chi connectivity index (χ2v) is 39.0. The van der Waals surface area contributed by atoms with Gasteiger partial charge < -0.3 is 50.1 Å². The van der Waals surface area contributed by atoms with Crippen molar-refractivity contribution >= 4 is 131 Å². The van der Waals surface area contributed by atoms with Crippen molar-refractivity contribution in [2.75, 3.05) is 38.0 Å². The summed E-state index contributed by atoms with van der Waals surface area (Å²) in [6.45, 7) is 6.81. The molecule has 2 heterocycles. The van der Waals surface area contributed by atoms with Gasteiger partial charge in [0.1, 0.15) is 52.9 Å². The molecule has 0 saturated heterocycles. The van der Waals surface area contributed by atoms with E-state index in [1.807, 2.05) is 48.9 Å². The van der Waals surface area contributed by atoms with Crippen LogP contribution >= 0.6 is 46.4 Å². The summed E-state index contributed by atoms with van der Waals surface area (Å²) in [5, 5.41) is 15.7. The van der Waals surface area contributed by atoms with E-state index in [-0.39, 0.29) is 154 Å². The molecule has 0 spiro atoms. The van der Waals surface area contributed by atoms with Crippen LogP contribution in [-0.4, -0.2) is 130 Å². The number of rotatable bonds is 31. The minimum atomic E-state index is -3.38. The van der Waals surface area contributed by atoms with E-state index in [0.717, 1.165) is 85.1 Å². The number of anilines is 1. The van der Waals surface area contributed by atoms with Gasteiger partial charge in [-0.05, 0) is 239 Å². The quantitative estimate of drug-likeness (QED) is 0.0199. The Morgan fingerprint density at radius 1 is 0.456 bits per heavy atom. The number of nitrogens with zero attached hydrogens (tertiary/aromatic N) is 4. The van der Waals surface area contributed by atoms with Gasteiger partial charge in [-0.2, -0.15) is 0 Å². The summed E-state index contributed by atoms with van der Waals surface area (Å²) < 4.78 is 101. The Hall–Kier alpha value is -11.3. The molecular formula is C93H87Cl4F4N9O14S. The highest BCUT2D eigenvalue weighted by Crippen LogP contribution is 2.72. The van der Waals surface area contributed by atoms with Crippen LogP contribution in [0.25, 0.3) is 22.1 Å². The number of imidazole rings is 1. The summed E-state index contributed by atoms with van der Waals surface area (Å²) in [6, 6.07) is 38.5. The lowest BCUT2D eigenvalue weighted by Gasteiger charge is -2.70. The number of hydrogen-bond donors (Lipinski definition) is 5. The van der Waals surface area contributed by atoms with Crippen LogP contribution in [0.15, 0.2) is 188 Å². The normalized spacial score (nSPS) is 23.5. The third kappa shape index (κ3) is 19.9. The summed E-state index contributed by atoms with van der Waals surface area (Å²) in [5.74, 6) is -1.97. The molecule has 650 valence electrons. The predicted octanol–water partition coefficient (Wildman–Crippen LogP) is 17.2. The molecule has 12 aliphatic rings. The van der Waals surface area contributed by atoms with E-state index in [2.05, 4.69) is 48.1 Å². The first-order valence-corrected chi connectivity index (χ1v) is 43.7. The SMILES string of the molecule is C=C(C)Nc1ccc(F)cc1C(=O)CC12CC(NC(=O)COc3ccc(Cl)c(F)c3)(C1)C2.CS(=O)(=O)c1cccc(C(=O)CC23CC(NC(=O)COc4ccc(Cl)c(F)c4)(C2)C3)c1.Cc1cc(OCC(=O)CC23CC(NC(=O)c4ccc5nccnc5c4)(C2)C3)ccc1Cl.Cn1cnc2cc(C(=O)CC34CC(NC(=O)COc5ccc(Cl)c(F)c5)(C3)C4)ccc21. The Kier molecular flexibility index (Phi) is 24.5. The number of hydrogen-bond acceptors (Lipinski definition) is 18. The monoisotopic (exact) mass is 1800 g/mol. The smallest absolute Gasteiger partial charge is 0.258 e. The summed E-state index contributed by atoms with van der Waals surface area (Å²) >= 11 is 22.9. The fourth-order valence-corrected chi connectivity index (χ4v) is 20.9. The highest BCUT2D eigenvalue weighted by Gasteiger charge is 2.71. The summed E-state index contributed by atoms with van der Waals surface area (Å²) in [4.78, 5) is 113.